The predicted octanol–water partition coefficient (Wildman–Crippen LogP) is 3.12. The molecule has 0 saturated heterocycles. The molecule has 0 heterocycles. The van der Waals surface area contributed by atoms with Crippen molar-refractivity contribution in [3.05, 3.63) is 28.8 Å². The first-order chi connectivity index (χ1) is 9.34. The van der Waals surface area contributed by atoms with Crippen molar-refractivity contribution >= 4 is 23.4 Å². The summed E-state index contributed by atoms with van der Waals surface area (Å²) in [6.45, 7) is 7.92. The summed E-state index contributed by atoms with van der Waals surface area (Å²) in [4.78, 5) is 0. The van der Waals surface area contributed by atoms with Crippen LogP contribution in [0.5, 0.6) is 5.75 Å². The molecule has 0 saturated carbocycles. The molecule has 0 fully saturated rings. The molecule has 2 N–H and O–H groups in total. The lowest BCUT2D eigenvalue weighted by Gasteiger charge is -2.23. The van der Waals surface area contributed by atoms with Gasteiger partial charge < -0.3 is 15.2 Å². The summed E-state index contributed by atoms with van der Waals surface area (Å²) in [5.74, 6) is 0.732. The molecule has 114 valence electrons. The lowest BCUT2D eigenvalue weighted by molar-refractivity contribution is 0.106. The van der Waals surface area contributed by atoms with Gasteiger partial charge in [0.15, 0.2) is 0 Å². The van der Waals surface area contributed by atoms with Gasteiger partial charge in [-0.3, -0.25) is 0 Å². The normalized spacial score (nSPS) is 13.3. The van der Waals surface area contributed by atoms with Crippen molar-refractivity contribution in [3.63, 3.8) is 0 Å². The molecule has 0 bridgehead atoms. The van der Waals surface area contributed by atoms with E-state index in [4.69, 9.17) is 16.3 Å². The topological polar surface area (TPSA) is 41.5 Å². The van der Waals surface area contributed by atoms with E-state index in [1.165, 1.54) is 0 Å². The second-order valence-electron chi connectivity index (χ2n) is 5.47. The molecular weight excluding hydrogens is 294 g/mol. The fraction of sp³-hybridized carbons (Fsp3) is 0.600. The molecule has 0 aliphatic rings. The quantitative estimate of drug-likeness (QED) is 0.773. The Bertz CT molecular complexity index is 426. The molecule has 0 aromatic heterocycles. The van der Waals surface area contributed by atoms with Crippen LogP contribution in [0.1, 0.15) is 19.4 Å². The molecule has 0 radical (unpaired) electrons. The Morgan fingerprint density at radius 3 is 2.75 bits per heavy atom. The zero-order valence-electron chi connectivity index (χ0n) is 12.6. The van der Waals surface area contributed by atoms with Crippen LogP contribution < -0.4 is 10.1 Å². The van der Waals surface area contributed by atoms with Gasteiger partial charge in [0.1, 0.15) is 18.5 Å². The highest BCUT2D eigenvalue weighted by Crippen LogP contribution is 2.21. The van der Waals surface area contributed by atoms with Crippen molar-refractivity contribution in [1.82, 2.24) is 5.32 Å². The minimum absolute atomic E-state index is 0.174. The fourth-order valence-corrected chi connectivity index (χ4v) is 1.93. The van der Waals surface area contributed by atoms with Crippen molar-refractivity contribution in [2.45, 2.75) is 31.6 Å². The molecule has 5 heteroatoms. The molecule has 1 rings (SSSR count). The average Bonchev–Trinajstić information content (AvgIpc) is 2.40. The van der Waals surface area contributed by atoms with Crippen molar-refractivity contribution in [1.29, 1.82) is 0 Å². The minimum Gasteiger partial charge on any atom is -0.491 e. The van der Waals surface area contributed by atoms with Crippen LogP contribution >= 0.6 is 23.4 Å². The van der Waals surface area contributed by atoms with Gasteiger partial charge in [0.05, 0.1) is 0 Å². The summed E-state index contributed by atoms with van der Waals surface area (Å²) in [6.07, 6.45) is 1.56. The summed E-state index contributed by atoms with van der Waals surface area (Å²) in [6, 6.07) is 5.49. The summed E-state index contributed by atoms with van der Waals surface area (Å²) in [5.41, 5.74) is 0.971. The number of hydrogen-bond acceptors (Lipinski definition) is 4. The zero-order valence-corrected chi connectivity index (χ0v) is 14.1. The summed E-state index contributed by atoms with van der Waals surface area (Å²) in [5, 5.41) is 13.9. The van der Waals surface area contributed by atoms with E-state index in [1.807, 2.05) is 19.1 Å². The molecule has 20 heavy (non-hydrogen) atoms. The highest BCUT2D eigenvalue weighted by Gasteiger charge is 2.16. The highest BCUT2D eigenvalue weighted by atomic mass is 35.5. The standard InChI is InChI=1S/C15H24ClNO2S/c1-11-7-13(5-6-14(11)16)19-9-12(18)8-17-10-15(2,3)20-4/h5-7,12,17-18H,8-10H2,1-4H3. The molecule has 1 unspecified atom stereocenters. The first kappa shape index (κ1) is 17.6. The number of aliphatic hydroxyl groups is 1. The van der Waals surface area contributed by atoms with E-state index in [-0.39, 0.29) is 11.4 Å². The van der Waals surface area contributed by atoms with Gasteiger partial charge in [-0.1, -0.05) is 11.6 Å². The van der Waals surface area contributed by atoms with Crippen LogP contribution in [0.25, 0.3) is 0 Å². The van der Waals surface area contributed by atoms with Gasteiger partial charge in [0.2, 0.25) is 0 Å². The number of ether oxygens (including phenoxy) is 1. The van der Waals surface area contributed by atoms with Gasteiger partial charge in [-0.25, -0.2) is 0 Å². The number of hydrogen-bond donors (Lipinski definition) is 2. The Kier molecular flexibility index (Phi) is 7.17. The predicted molar refractivity (Wildman–Crippen MR) is 88.2 cm³/mol. The van der Waals surface area contributed by atoms with Gasteiger partial charge in [-0.15, -0.1) is 0 Å². The lowest BCUT2D eigenvalue weighted by atomic mass is 10.2. The maximum Gasteiger partial charge on any atom is 0.119 e. The van der Waals surface area contributed by atoms with E-state index in [0.717, 1.165) is 22.9 Å². The average molecular weight is 318 g/mol. The maximum atomic E-state index is 9.88. The van der Waals surface area contributed by atoms with E-state index in [0.29, 0.717) is 6.54 Å². The van der Waals surface area contributed by atoms with Gasteiger partial charge >= 0.3 is 0 Å². The number of thioether (sulfide) groups is 1. The van der Waals surface area contributed by atoms with E-state index in [2.05, 4.69) is 25.4 Å². The van der Waals surface area contributed by atoms with Crippen molar-refractivity contribution < 1.29 is 9.84 Å². The smallest absolute Gasteiger partial charge is 0.119 e. The molecule has 0 amide bonds. The van der Waals surface area contributed by atoms with E-state index in [9.17, 15) is 5.11 Å². The van der Waals surface area contributed by atoms with Crippen molar-refractivity contribution in [2.24, 2.45) is 0 Å². The van der Waals surface area contributed by atoms with Crippen LogP contribution in [0.2, 0.25) is 5.02 Å². The SMILES string of the molecule is CSC(C)(C)CNCC(O)COc1ccc(Cl)c(C)c1. The first-order valence-corrected chi connectivity index (χ1v) is 8.27. The van der Waals surface area contributed by atoms with Gasteiger partial charge in [0.25, 0.3) is 0 Å². The second kappa shape index (κ2) is 8.13. The van der Waals surface area contributed by atoms with Gasteiger partial charge in [-0.05, 0) is 50.8 Å². The Morgan fingerprint density at radius 1 is 1.45 bits per heavy atom. The summed E-state index contributed by atoms with van der Waals surface area (Å²) in [7, 11) is 0. The number of halogens is 1. The Hall–Kier alpha value is -0.420. The van der Waals surface area contributed by atoms with Crippen molar-refractivity contribution in [3.8, 4) is 5.75 Å². The number of benzene rings is 1. The van der Waals surface area contributed by atoms with Gasteiger partial charge in [0, 0.05) is 22.9 Å². The Morgan fingerprint density at radius 2 is 2.15 bits per heavy atom. The fourth-order valence-electron chi connectivity index (χ4n) is 1.57. The Balaban J connectivity index is 2.29. The molecule has 0 aliphatic heterocycles. The van der Waals surface area contributed by atoms with E-state index in [1.54, 1.807) is 17.8 Å². The molecule has 1 aromatic carbocycles. The number of nitrogens with one attached hydrogen (secondary N) is 1. The monoisotopic (exact) mass is 317 g/mol. The van der Waals surface area contributed by atoms with Crippen molar-refractivity contribution in [2.75, 3.05) is 26.0 Å². The van der Waals surface area contributed by atoms with E-state index >= 15 is 0 Å². The molecule has 3 nitrogen and oxygen atoms in total. The van der Waals surface area contributed by atoms with Gasteiger partial charge in [-0.2, -0.15) is 11.8 Å². The largest absolute Gasteiger partial charge is 0.491 e. The van der Waals surface area contributed by atoms with Crippen LogP contribution in [-0.4, -0.2) is 41.9 Å². The Labute approximate surface area is 131 Å². The highest BCUT2D eigenvalue weighted by molar-refractivity contribution is 7.99. The molecule has 1 atom stereocenters. The van der Waals surface area contributed by atoms with Crippen LogP contribution in [0.3, 0.4) is 0 Å². The molecular formula is C15H24ClNO2S. The second-order valence-corrected chi connectivity index (χ2v) is 7.39. The van der Waals surface area contributed by atoms with Crippen LogP contribution in [-0.2, 0) is 0 Å². The minimum atomic E-state index is -0.524. The first-order valence-electron chi connectivity index (χ1n) is 6.67. The van der Waals surface area contributed by atoms with Crippen LogP contribution in [0.4, 0.5) is 0 Å². The molecule has 0 aliphatic carbocycles. The third kappa shape index (κ3) is 6.35. The maximum absolute atomic E-state index is 9.88. The molecule has 0 spiro atoms. The third-order valence-corrected chi connectivity index (χ3v) is 4.73. The van der Waals surface area contributed by atoms with Crippen LogP contribution in [0, 0.1) is 6.92 Å². The number of aryl methyl sites for hydroxylation is 1. The van der Waals surface area contributed by atoms with E-state index < -0.39 is 6.10 Å². The van der Waals surface area contributed by atoms with Crippen LogP contribution in [0.15, 0.2) is 18.2 Å². The lowest BCUT2D eigenvalue weighted by Crippen LogP contribution is -2.38. The summed E-state index contributed by atoms with van der Waals surface area (Å²) < 4.78 is 5.73. The third-order valence-electron chi connectivity index (χ3n) is 3.06. The number of aliphatic hydroxyl groups excluding tert-OH is 1. The zero-order chi connectivity index (χ0) is 15.2. The number of rotatable bonds is 8. The summed E-state index contributed by atoms with van der Waals surface area (Å²) >= 11 is 7.76. The molecule has 1 aromatic rings.